The van der Waals surface area contributed by atoms with Crippen molar-refractivity contribution < 1.29 is 14.5 Å². The molecule has 0 bridgehead atoms. The molecule has 4 aromatic rings. The van der Waals surface area contributed by atoms with Crippen LogP contribution in [0, 0.1) is 10.1 Å². The van der Waals surface area contributed by atoms with Gasteiger partial charge in [0.2, 0.25) is 0 Å². The van der Waals surface area contributed by atoms with Crippen LogP contribution in [0.25, 0.3) is 11.8 Å². The predicted octanol–water partition coefficient (Wildman–Crippen LogP) is 7.23. The van der Waals surface area contributed by atoms with Gasteiger partial charge >= 0.3 is 0 Å². The highest BCUT2D eigenvalue weighted by Crippen LogP contribution is 2.37. The van der Waals surface area contributed by atoms with Gasteiger partial charge in [-0.3, -0.25) is 19.8 Å². The summed E-state index contributed by atoms with van der Waals surface area (Å²) in [5.74, 6) is 0.652. The highest BCUT2D eigenvalue weighted by molar-refractivity contribution is 7.99. The minimum Gasteiger partial charge on any atom is -0.497 e. The SMILES string of the molecule is COc1ccc(/C=C2\C=C(c3ccccc3)N(c3ccc(Sc4ccc([N+](=O)[O-])cc4)cc3)C2=O)cc1. The number of amides is 1. The summed E-state index contributed by atoms with van der Waals surface area (Å²) >= 11 is 1.50. The van der Waals surface area contributed by atoms with Gasteiger partial charge < -0.3 is 4.74 Å². The van der Waals surface area contributed by atoms with Crippen molar-refractivity contribution in [1.82, 2.24) is 0 Å². The van der Waals surface area contributed by atoms with Crippen LogP contribution in [0.2, 0.25) is 0 Å². The standard InChI is InChI=1S/C30H22N2O4S/c1-36-26-13-7-21(8-14-26)19-23-20-29(22-5-3-2-4-6-22)31(30(23)33)24-9-15-27(16-10-24)37-28-17-11-25(12-18-28)32(34)35/h2-20H,1H3/b23-19+. The number of rotatable bonds is 7. The normalized spacial score (nSPS) is 14.1. The van der Waals surface area contributed by atoms with Crippen LogP contribution in [0.5, 0.6) is 5.75 Å². The van der Waals surface area contributed by atoms with Gasteiger partial charge in [0.25, 0.3) is 11.6 Å². The van der Waals surface area contributed by atoms with Crippen molar-refractivity contribution >= 4 is 40.8 Å². The number of nitro groups is 1. The molecule has 4 aromatic carbocycles. The largest absolute Gasteiger partial charge is 0.497 e. The summed E-state index contributed by atoms with van der Waals surface area (Å²) < 4.78 is 5.24. The number of hydrogen-bond donors (Lipinski definition) is 0. The predicted molar refractivity (Wildman–Crippen MR) is 147 cm³/mol. The third-order valence-electron chi connectivity index (χ3n) is 5.87. The van der Waals surface area contributed by atoms with E-state index in [1.165, 1.54) is 23.9 Å². The second-order valence-electron chi connectivity index (χ2n) is 8.26. The van der Waals surface area contributed by atoms with E-state index in [-0.39, 0.29) is 11.6 Å². The fourth-order valence-corrected chi connectivity index (χ4v) is 4.82. The van der Waals surface area contributed by atoms with Crippen LogP contribution in [-0.4, -0.2) is 17.9 Å². The first kappa shape index (κ1) is 24.1. The number of non-ortho nitro benzene ring substituents is 1. The Morgan fingerprint density at radius 2 is 1.46 bits per heavy atom. The molecule has 0 radical (unpaired) electrons. The van der Waals surface area contributed by atoms with E-state index in [9.17, 15) is 14.9 Å². The third-order valence-corrected chi connectivity index (χ3v) is 6.88. The topological polar surface area (TPSA) is 72.7 Å². The maximum Gasteiger partial charge on any atom is 0.269 e. The number of anilines is 1. The van der Waals surface area contributed by atoms with Gasteiger partial charge in [-0.05, 0) is 71.8 Å². The lowest BCUT2D eigenvalue weighted by Gasteiger charge is -2.21. The molecule has 0 atom stereocenters. The maximum absolute atomic E-state index is 13.6. The average Bonchev–Trinajstić information content (AvgIpc) is 3.26. The molecule has 7 heteroatoms. The number of nitro benzene ring substituents is 1. The van der Waals surface area contributed by atoms with E-state index in [0.29, 0.717) is 5.57 Å². The van der Waals surface area contributed by atoms with E-state index >= 15 is 0 Å². The Hall–Kier alpha value is -4.62. The summed E-state index contributed by atoms with van der Waals surface area (Å²) in [6.45, 7) is 0. The number of carbonyl (C=O) groups excluding carboxylic acids is 1. The lowest BCUT2D eigenvalue weighted by atomic mass is 10.1. The summed E-state index contributed by atoms with van der Waals surface area (Å²) in [6.07, 6.45) is 3.80. The number of benzene rings is 4. The molecule has 182 valence electrons. The first-order valence-corrected chi connectivity index (χ1v) is 12.3. The van der Waals surface area contributed by atoms with Crippen LogP contribution in [0.1, 0.15) is 11.1 Å². The molecule has 0 N–H and O–H groups in total. The second kappa shape index (κ2) is 10.6. The summed E-state index contributed by atoms with van der Waals surface area (Å²) in [4.78, 5) is 27.7. The van der Waals surface area contributed by atoms with Gasteiger partial charge in [-0.2, -0.15) is 0 Å². The zero-order valence-electron chi connectivity index (χ0n) is 19.9. The molecule has 0 fully saturated rings. The Balaban J connectivity index is 1.43. The number of ether oxygens (including phenoxy) is 1. The summed E-state index contributed by atoms with van der Waals surface area (Å²) in [7, 11) is 1.62. The van der Waals surface area contributed by atoms with Crippen molar-refractivity contribution in [2.45, 2.75) is 9.79 Å². The molecule has 0 aliphatic carbocycles. The van der Waals surface area contributed by atoms with E-state index in [1.807, 2.05) is 91.0 Å². The second-order valence-corrected chi connectivity index (χ2v) is 9.40. The molecule has 1 aliphatic rings. The quantitative estimate of drug-likeness (QED) is 0.150. The van der Waals surface area contributed by atoms with Crippen LogP contribution in [0.3, 0.4) is 0 Å². The van der Waals surface area contributed by atoms with Gasteiger partial charge in [-0.15, -0.1) is 0 Å². The van der Waals surface area contributed by atoms with Crippen LogP contribution in [0.15, 0.2) is 125 Å². The van der Waals surface area contributed by atoms with Gasteiger partial charge in [0.15, 0.2) is 0 Å². The van der Waals surface area contributed by atoms with Gasteiger partial charge in [0.1, 0.15) is 5.75 Å². The molecule has 0 saturated heterocycles. The first-order chi connectivity index (χ1) is 18.0. The molecule has 0 aromatic heterocycles. The molecule has 6 nitrogen and oxygen atoms in total. The Morgan fingerprint density at radius 1 is 0.838 bits per heavy atom. The van der Waals surface area contributed by atoms with E-state index in [2.05, 4.69) is 0 Å². The summed E-state index contributed by atoms with van der Waals surface area (Å²) in [6, 6.07) is 31.6. The van der Waals surface area contributed by atoms with E-state index in [0.717, 1.165) is 38.1 Å². The molecule has 0 saturated carbocycles. The Labute approximate surface area is 218 Å². The lowest BCUT2D eigenvalue weighted by Crippen LogP contribution is -2.24. The smallest absolute Gasteiger partial charge is 0.269 e. The fourth-order valence-electron chi connectivity index (χ4n) is 4.01. The number of hydrogen-bond acceptors (Lipinski definition) is 5. The number of methoxy groups -OCH3 is 1. The average molecular weight is 507 g/mol. The van der Waals surface area contributed by atoms with Crippen molar-refractivity contribution in [3.05, 3.63) is 136 Å². The summed E-state index contributed by atoms with van der Waals surface area (Å²) in [5.41, 5.74) is 4.06. The third kappa shape index (κ3) is 5.32. The van der Waals surface area contributed by atoms with Gasteiger partial charge in [-0.1, -0.05) is 54.2 Å². The van der Waals surface area contributed by atoms with Crippen molar-refractivity contribution in [1.29, 1.82) is 0 Å². The van der Waals surface area contributed by atoms with Crippen LogP contribution >= 0.6 is 11.8 Å². The van der Waals surface area contributed by atoms with Gasteiger partial charge in [0, 0.05) is 33.2 Å². The minimum absolute atomic E-state index is 0.0611. The molecule has 1 heterocycles. The molecular weight excluding hydrogens is 484 g/mol. The minimum atomic E-state index is -0.411. The van der Waals surface area contributed by atoms with Crippen LogP contribution in [-0.2, 0) is 4.79 Å². The number of nitrogens with zero attached hydrogens (tertiary/aromatic N) is 2. The monoisotopic (exact) mass is 506 g/mol. The molecule has 5 rings (SSSR count). The van der Waals surface area contributed by atoms with Crippen molar-refractivity contribution in [3.63, 3.8) is 0 Å². The zero-order chi connectivity index (χ0) is 25.8. The molecule has 37 heavy (non-hydrogen) atoms. The van der Waals surface area contributed by atoms with E-state index < -0.39 is 4.92 Å². The van der Waals surface area contributed by atoms with Crippen LogP contribution in [0.4, 0.5) is 11.4 Å². The Morgan fingerprint density at radius 3 is 2.05 bits per heavy atom. The van der Waals surface area contributed by atoms with E-state index in [1.54, 1.807) is 24.1 Å². The van der Waals surface area contributed by atoms with Gasteiger partial charge in [0.05, 0.1) is 17.7 Å². The van der Waals surface area contributed by atoms with Crippen molar-refractivity contribution in [2.24, 2.45) is 0 Å². The van der Waals surface area contributed by atoms with E-state index in [4.69, 9.17) is 4.74 Å². The zero-order valence-corrected chi connectivity index (χ0v) is 20.7. The van der Waals surface area contributed by atoms with Crippen LogP contribution < -0.4 is 9.64 Å². The lowest BCUT2D eigenvalue weighted by molar-refractivity contribution is -0.384. The molecule has 0 unspecified atom stereocenters. The Bertz CT molecular complexity index is 1490. The number of carbonyl (C=O) groups is 1. The van der Waals surface area contributed by atoms with Crippen molar-refractivity contribution in [3.8, 4) is 5.75 Å². The maximum atomic E-state index is 13.6. The Kier molecular flexibility index (Phi) is 6.87. The molecular formula is C30H22N2O4S. The highest BCUT2D eigenvalue weighted by atomic mass is 32.2. The highest BCUT2D eigenvalue weighted by Gasteiger charge is 2.30. The fraction of sp³-hybridized carbons (Fsp3) is 0.0333. The summed E-state index contributed by atoms with van der Waals surface area (Å²) in [5, 5.41) is 10.9. The first-order valence-electron chi connectivity index (χ1n) is 11.5. The molecule has 0 spiro atoms. The van der Waals surface area contributed by atoms with Gasteiger partial charge in [-0.25, -0.2) is 0 Å². The van der Waals surface area contributed by atoms with Crippen molar-refractivity contribution in [2.75, 3.05) is 12.0 Å². The molecule has 1 amide bonds. The molecule has 1 aliphatic heterocycles.